The lowest BCUT2D eigenvalue weighted by atomic mass is 10.1. The first-order valence-corrected chi connectivity index (χ1v) is 8.12. The van der Waals surface area contributed by atoms with E-state index >= 15 is 0 Å². The minimum Gasteiger partial charge on any atom is -0.344 e. The number of carbonyl (C=O) groups excluding carboxylic acids is 1. The van der Waals surface area contributed by atoms with Crippen LogP contribution in [-0.4, -0.2) is 25.7 Å². The van der Waals surface area contributed by atoms with Crippen LogP contribution in [0.4, 0.5) is 0 Å². The zero-order chi connectivity index (χ0) is 18.8. The SMILES string of the molecule is Cc1ccccc1-n1ncc(C(C)NC(=O)c2cc(=O)[nH]c(=O)[nH]2)c1C. The fourth-order valence-corrected chi connectivity index (χ4v) is 2.83. The molecule has 0 aliphatic carbocycles. The quantitative estimate of drug-likeness (QED) is 0.657. The number of aromatic amines is 2. The fraction of sp³-hybridized carbons (Fsp3) is 0.222. The van der Waals surface area contributed by atoms with Crippen LogP contribution in [0.2, 0.25) is 0 Å². The highest BCUT2D eigenvalue weighted by Crippen LogP contribution is 2.22. The highest BCUT2D eigenvalue weighted by atomic mass is 16.2. The Morgan fingerprint density at radius 1 is 1.19 bits per heavy atom. The smallest absolute Gasteiger partial charge is 0.326 e. The average Bonchev–Trinajstić information content (AvgIpc) is 2.96. The highest BCUT2D eigenvalue weighted by molar-refractivity contribution is 5.92. The van der Waals surface area contributed by atoms with Gasteiger partial charge in [0.2, 0.25) is 0 Å². The number of aryl methyl sites for hydroxylation is 1. The monoisotopic (exact) mass is 353 g/mol. The van der Waals surface area contributed by atoms with Gasteiger partial charge in [0, 0.05) is 17.3 Å². The van der Waals surface area contributed by atoms with E-state index in [0.29, 0.717) is 0 Å². The van der Waals surface area contributed by atoms with E-state index in [0.717, 1.165) is 28.6 Å². The summed E-state index contributed by atoms with van der Waals surface area (Å²) in [5.41, 5.74) is 2.35. The summed E-state index contributed by atoms with van der Waals surface area (Å²) in [5, 5.41) is 7.20. The molecule has 8 nitrogen and oxygen atoms in total. The maximum absolute atomic E-state index is 12.3. The number of amides is 1. The van der Waals surface area contributed by atoms with Crippen LogP contribution in [0.15, 0.2) is 46.1 Å². The third kappa shape index (κ3) is 3.34. The molecule has 3 N–H and O–H groups in total. The summed E-state index contributed by atoms with van der Waals surface area (Å²) in [4.78, 5) is 39.3. The van der Waals surface area contributed by atoms with Crippen molar-refractivity contribution in [3.8, 4) is 5.69 Å². The molecule has 2 heterocycles. The first-order valence-electron chi connectivity index (χ1n) is 8.12. The molecular formula is C18H19N5O3. The van der Waals surface area contributed by atoms with Crippen molar-refractivity contribution in [2.75, 3.05) is 0 Å². The number of nitrogens with one attached hydrogen (secondary N) is 3. The Kier molecular flexibility index (Phi) is 4.57. The Balaban J connectivity index is 1.86. The number of para-hydroxylation sites is 1. The predicted octanol–water partition coefficient (Wildman–Crippen LogP) is 1.36. The van der Waals surface area contributed by atoms with Gasteiger partial charge in [0.25, 0.3) is 11.5 Å². The minimum atomic E-state index is -0.723. The molecule has 0 radical (unpaired) electrons. The van der Waals surface area contributed by atoms with Gasteiger partial charge in [0.1, 0.15) is 5.69 Å². The van der Waals surface area contributed by atoms with Crippen LogP contribution in [0.5, 0.6) is 0 Å². The molecule has 26 heavy (non-hydrogen) atoms. The zero-order valence-electron chi connectivity index (χ0n) is 14.7. The van der Waals surface area contributed by atoms with Gasteiger partial charge in [-0.3, -0.25) is 14.6 Å². The molecule has 1 amide bonds. The number of hydrogen-bond donors (Lipinski definition) is 3. The fourth-order valence-electron chi connectivity index (χ4n) is 2.83. The molecule has 0 fully saturated rings. The van der Waals surface area contributed by atoms with E-state index in [-0.39, 0.29) is 11.7 Å². The first-order chi connectivity index (χ1) is 12.4. The van der Waals surface area contributed by atoms with Gasteiger partial charge in [-0.25, -0.2) is 9.48 Å². The third-order valence-electron chi connectivity index (χ3n) is 4.21. The second-order valence-corrected chi connectivity index (χ2v) is 6.08. The molecule has 134 valence electrons. The Morgan fingerprint density at radius 2 is 1.92 bits per heavy atom. The number of rotatable bonds is 4. The van der Waals surface area contributed by atoms with Crippen molar-refractivity contribution >= 4 is 5.91 Å². The van der Waals surface area contributed by atoms with E-state index in [2.05, 4.69) is 15.4 Å². The van der Waals surface area contributed by atoms with Gasteiger partial charge in [-0.05, 0) is 32.4 Å². The van der Waals surface area contributed by atoms with E-state index in [1.807, 2.05) is 54.7 Å². The number of aromatic nitrogens is 4. The Labute approximate surface area is 148 Å². The Bertz CT molecular complexity index is 1050. The lowest BCUT2D eigenvalue weighted by Gasteiger charge is -2.14. The molecule has 0 spiro atoms. The Hall–Kier alpha value is -3.42. The standard InChI is InChI=1S/C18H19N5O3/c1-10-6-4-5-7-15(10)23-12(3)13(9-19-23)11(2)20-17(25)14-8-16(24)22-18(26)21-14/h4-9,11H,1-3H3,(H,20,25)(H2,21,22,24,26). The van der Waals surface area contributed by atoms with Crippen molar-refractivity contribution < 1.29 is 4.79 Å². The third-order valence-corrected chi connectivity index (χ3v) is 4.21. The summed E-state index contributed by atoms with van der Waals surface area (Å²) in [6, 6.07) is 8.57. The molecule has 2 aromatic heterocycles. The van der Waals surface area contributed by atoms with Gasteiger partial charge >= 0.3 is 5.69 Å². The topological polar surface area (TPSA) is 113 Å². The van der Waals surface area contributed by atoms with Gasteiger partial charge in [-0.15, -0.1) is 0 Å². The van der Waals surface area contributed by atoms with Crippen molar-refractivity contribution in [1.82, 2.24) is 25.1 Å². The van der Waals surface area contributed by atoms with Crippen molar-refractivity contribution in [1.29, 1.82) is 0 Å². The maximum Gasteiger partial charge on any atom is 0.326 e. The summed E-state index contributed by atoms with van der Waals surface area (Å²) < 4.78 is 1.82. The molecule has 0 bridgehead atoms. The molecule has 1 unspecified atom stereocenters. The molecule has 0 aliphatic rings. The average molecular weight is 353 g/mol. The highest BCUT2D eigenvalue weighted by Gasteiger charge is 2.18. The minimum absolute atomic E-state index is 0.0884. The first kappa shape index (κ1) is 17.4. The van der Waals surface area contributed by atoms with Gasteiger partial charge < -0.3 is 10.3 Å². The number of nitrogens with zero attached hydrogens (tertiary/aromatic N) is 2. The van der Waals surface area contributed by atoms with E-state index in [4.69, 9.17) is 0 Å². The lowest BCUT2D eigenvalue weighted by molar-refractivity contribution is 0.0934. The molecule has 3 aromatic rings. The van der Waals surface area contributed by atoms with Crippen molar-refractivity contribution in [3.05, 3.63) is 79.9 Å². The van der Waals surface area contributed by atoms with E-state index in [1.165, 1.54) is 0 Å². The summed E-state index contributed by atoms with van der Waals surface area (Å²) in [6.07, 6.45) is 1.70. The van der Waals surface area contributed by atoms with E-state index in [1.54, 1.807) is 6.20 Å². The molecule has 1 atom stereocenters. The second kappa shape index (κ2) is 6.83. The van der Waals surface area contributed by atoms with Gasteiger partial charge in [-0.1, -0.05) is 18.2 Å². The van der Waals surface area contributed by atoms with Crippen LogP contribution >= 0.6 is 0 Å². The summed E-state index contributed by atoms with van der Waals surface area (Å²) in [6.45, 7) is 5.74. The van der Waals surface area contributed by atoms with Gasteiger partial charge in [-0.2, -0.15) is 5.10 Å². The number of carbonyl (C=O) groups is 1. The van der Waals surface area contributed by atoms with Crippen LogP contribution < -0.4 is 16.6 Å². The molecule has 1 aromatic carbocycles. The van der Waals surface area contributed by atoms with Crippen molar-refractivity contribution in [2.24, 2.45) is 0 Å². The van der Waals surface area contributed by atoms with Crippen molar-refractivity contribution in [2.45, 2.75) is 26.8 Å². The van der Waals surface area contributed by atoms with Crippen LogP contribution in [0.1, 0.15) is 40.3 Å². The summed E-state index contributed by atoms with van der Waals surface area (Å²) in [5.74, 6) is -0.538. The number of hydrogen-bond acceptors (Lipinski definition) is 4. The van der Waals surface area contributed by atoms with Crippen LogP contribution in [-0.2, 0) is 0 Å². The van der Waals surface area contributed by atoms with Crippen LogP contribution in [0.25, 0.3) is 5.69 Å². The van der Waals surface area contributed by atoms with Crippen LogP contribution in [0, 0.1) is 13.8 Å². The van der Waals surface area contributed by atoms with Gasteiger partial charge in [0.15, 0.2) is 0 Å². The molecular weight excluding hydrogens is 334 g/mol. The van der Waals surface area contributed by atoms with Crippen LogP contribution in [0.3, 0.4) is 0 Å². The van der Waals surface area contributed by atoms with Crippen molar-refractivity contribution in [3.63, 3.8) is 0 Å². The second-order valence-electron chi connectivity index (χ2n) is 6.08. The normalized spacial score (nSPS) is 12.0. The zero-order valence-corrected chi connectivity index (χ0v) is 14.7. The lowest BCUT2D eigenvalue weighted by Crippen LogP contribution is -2.32. The molecule has 0 saturated heterocycles. The largest absolute Gasteiger partial charge is 0.344 e. The predicted molar refractivity (Wildman–Crippen MR) is 96.6 cm³/mol. The Morgan fingerprint density at radius 3 is 2.62 bits per heavy atom. The summed E-state index contributed by atoms with van der Waals surface area (Å²) >= 11 is 0. The summed E-state index contributed by atoms with van der Waals surface area (Å²) in [7, 11) is 0. The molecule has 0 saturated carbocycles. The van der Waals surface area contributed by atoms with E-state index < -0.39 is 17.2 Å². The van der Waals surface area contributed by atoms with Gasteiger partial charge in [0.05, 0.1) is 17.9 Å². The maximum atomic E-state index is 12.3. The number of benzene rings is 1. The molecule has 3 rings (SSSR count). The molecule has 8 heteroatoms. The van der Waals surface area contributed by atoms with E-state index in [9.17, 15) is 14.4 Å². The molecule has 0 aliphatic heterocycles. The number of H-pyrrole nitrogens is 2.